The van der Waals surface area contributed by atoms with Gasteiger partial charge in [0.1, 0.15) is 5.69 Å². The SMILES string of the molecule is NC(=O)c1ccc(OC2CC2)c(C(=O)O)n1. The fourth-order valence-electron chi connectivity index (χ4n) is 1.20. The van der Waals surface area contributed by atoms with E-state index in [0.29, 0.717) is 0 Å². The number of aromatic nitrogens is 1. The van der Waals surface area contributed by atoms with Gasteiger partial charge in [0.25, 0.3) is 5.91 Å². The Bertz CT molecular complexity index is 454. The second-order valence-corrected chi connectivity index (χ2v) is 3.53. The minimum Gasteiger partial charge on any atom is -0.488 e. The first-order chi connectivity index (χ1) is 7.58. The molecule has 1 saturated carbocycles. The molecule has 84 valence electrons. The maximum Gasteiger partial charge on any atom is 0.358 e. The molecule has 3 N–H and O–H groups in total. The Kier molecular flexibility index (Phi) is 2.47. The van der Waals surface area contributed by atoms with Crippen LogP contribution in [0.15, 0.2) is 12.1 Å². The lowest BCUT2D eigenvalue weighted by atomic mass is 10.2. The van der Waals surface area contributed by atoms with Crippen LogP contribution in [0.5, 0.6) is 5.75 Å². The summed E-state index contributed by atoms with van der Waals surface area (Å²) in [5.41, 5.74) is 4.65. The number of carbonyl (C=O) groups is 2. The molecule has 0 saturated heterocycles. The van der Waals surface area contributed by atoms with Gasteiger partial charge in [0.05, 0.1) is 6.10 Å². The van der Waals surface area contributed by atoms with Crippen LogP contribution in [0, 0.1) is 0 Å². The fraction of sp³-hybridized carbons (Fsp3) is 0.300. The van der Waals surface area contributed by atoms with Crippen molar-refractivity contribution in [3.05, 3.63) is 23.5 Å². The summed E-state index contributed by atoms with van der Waals surface area (Å²) in [5.74, 6) is -1.82. The molecule has 0 aromatic carbocycles. The predicted molar refractivity (Wildman–Crippen MR) is 53.4 cm³/mol. The number of nitrogens with two attached hydrogens (primary N) is 1. The molecule has 6 nitrogen and oxygen atoms in total. The molecule has 1 aromatic rings. The lowest BCUT2D eigenvalue weighted by Gasteiger charge is -2.07. The highest BCUT2D eigenvalue weighted by molar-refractivity contribution is 5.94. The van der Waals surface area contributed by atoms with E-state index in [0.717, 1.165) is 12.8 Å². The first kappa shape index (κ1) is 10.4. The van der Waals surface area contributed by atoms with Crippen LogP contribution >= 0.6 is 0 Å². The number of amides is 1. The Morgan fingerprint density at radius 3 is 2.62 bits per heavy atom. The van der Waals surface area contributed by atoms with Gasteiger partial charge in [0.2, 0.25) is 0 Å². The largest absolute Gasteiger partial charge is 0.488 e. The lowest BCUT2D eigenvalue weighted by Crippen LogP contribution is -2.16. The summed E-state index contributed by atoms with van der Waals surface area (Å²) in [6.07, 6.45) is 1.90. The maximum absolute atomic E-state index is 10.9. The first-order valence-electron chi connectivity index (χ1n) is 4.78. The van der Waals surface area contributed by atoms with Gasteiger partial charge in [0.15, 0.2) is 11.4 Å². The molecule has 1 aromatic heterocycles. The van der Waals surface area contributed by atoms with Crippen molar-refractivity contribution in [2.24, 2.45) is 5.73 Å². The van der Waals surface area contributed by atoms with Crippen LogP contribution in [-0.4, -0.2) is 28.1 Å². The van der Waals surface area contributed by atoms with Crippen LogP contribution < -0.4 is 10.5 Å². The second-order valence-electron chi connectivity index (χ2n) is 3.53. The molecule has 6 heteroatoms. The zero-order valence-corrected chi connectivity index (χ0v) is 8.34. The standard InChI is InChI=1S/C10H10N2O4/c11-9(13)6-3-4-7(16-5-1-2-5)8(12-6)10(14)15/h3-5H,1-2H2,(H2,11,13)(H,14,15). The fourth-order valence-corrected chi connectivity index (χ4v) is 1.20. The van der Waals surface area contributed by atoms with E-state index >= 15 is 0 Å². The van der Waals surface area contributed by atoms with Crippen molar-refractivity contribution in [1.29, 1.82) is 0 Å². The molecule has 0 unspecified atom stereocenters. The highest BCUT2D eigenvalue weighted by Gasteiger charge is 2.26. The minimum absolute atomic E-state index is 0.0688. The molecule has 0 aliphatic heterocycles. The molecular weight excluding hydrogens is 212 g/mol. The lowest BCUT2D eigenvalue weighted by molar-refractivity contribution is 0.0685. The van der Waals surface area contributed by atoms with Crippen molar-refractivity contribution in [2.75, 3.05) is 0 Å². The molecule has 1 aliphatic carbocycles. The number of carbonyl (C=O) groups excluding carboxylic acids is 1. The van der Waals surface area contributed by atoms with Crippen LogP contribution in [-0.2, 0) is 0 Å². The topological polar surface area (TPSA) is 103 Å². The van der Waals surface area contributed by atoms with E-state index in [4.69, 9.17) is 15.6 Å². The minimum atomic E-state index is -1.24. The smallest absolute Gasteiger partial charge is 0.358 e. The monoisotopic (exact) mass is 222 g/mol. The number of rotatable bonds is 4. The molecule has 1 heterocycles. The number of primary amides is 1. The van der Waals surface area contributed by atoms with Crippen LogP contribution in [0.3, 0.4) is 0 Å². The Balaban J connectivity index is 2.35. The summed E-state index contributed by atoms with van der Waals surface area (Å²) in [5, 5.41) is 8.91. The van der Waals surface area contributed by atoms with Gasteiger partial charge in [-0.25, -0.2) is 9.78 Å². The summed E-state index contributed by atoms with van der Waals surface area (Å²) < 4.78 is 5.36. The van der Waals surface area contributed by atoms with E-state index in [9.17, 15) is 9.59 Å². The van der Waals surface area contributed by atoms with Crippen molar-refractivity contribution in [1.82, 2.24) is 4.98 Å². The van der Waals surface area contributed by atoms with E-state index < -0.39 is 11.9 Å². The number of carboxylic acids is 1. The van der Waals surface area contributed by atoms with Gasteiger partial charge in [-0.2, -0.15) is 0 Å². The van der Waals surface area contributed by atoms with Crippen molar-refractivity contribution in [3.63, 3.8) is 0 Å². The summed E-state index contributed by atoms with van der Waals surface area (Å²) in [6.45, 7) is 0. The Morgan fingerprint density at radius 2 is 2.12 bits per heavy atom. The van der Waals surface area contributed by atoms with Crippen LogP contribution in [0.4, 0.5) is 0 Å². The quantitative estimate of drug-likeness (QED) is 0.768. The van der Waals surface area contributed by atoms with Gasteiger partial charge >= 0.3 is 5.97 Å². The number of hydrogen-bond acceptors (Lipinski definition) is 4. The van der Waals surface area contributed by atoms with E-state index in [1.807, 2.05) is 0 Å². The van der Waals surface area contributed by atoms with Crippen molar-refractivity contribution in [2.45, 2.75) is 18.9 Å². The molecule has 0 bridgehead atoms. The number of nitrogens with zero attached hydrogens (tertiary/aromatic N) is 1. The predicted octanol–water partition coefficient (Wildman–Crippen LogP) is 0.420. The van der Waals surface area contributed by atoms with E-state index in [2.05, 4.69) is 4.98 Å². The number of ether oxygens (including phenoxy) is 1. The Labute approximate surface area is 91.0 Å². The number of pyridine rings is 1. The third kappa shape index (κ3) is 2.10. The highest BCUT2D eigenvalue weighted by atomic mass is 16.5. The van der Waals surface area contributed by atoms with Gasteiger partial charge in [-0.15, -0.1) is 0 Å². The summed E-state index contributed by atoms with van der Waals surface area (Å²) in [6, 6.07) is 2.77. The first-order valence-corrected chi connectivity index (χ1v) is 4.78. The number of carboxylic acid groups (broad SMARTS) is 1. The van der Waals surface area contributed by atoms with Crippen LogP contribution in [0.1, 0.15) is 33.8 Å². The van der Waals surface area contributed by atoms with Gasteiger partial charge in [-0.1, -0.05) is 0 Å². The summed E-state index contributed by atoms with van der Waals surface area (Å²) >= 11 is 0. The van der Waals surface area contributed by atoms with Crippen molar-refractivity contribution in [3.8, 4) is 5.75 Å². The van der Waals surface area contributed by atoms with Gasteiger partial charge < -0.3 is 15.6 Å². The van der Waals surface area contributed by atoms with Crippen molar-refractivity contribution < 1.29 is 19.4 Å². The highest BCUT2D eigenvalue weighted by Crippen LogP contribution is 2.28. The third-order valence-electron chi connectivity index (χ3n) is 2.13. The van der Waals surface area contributed by atoms with Crippen LogP contribution in [0.25, 0.3) is 0 Å². The molecule has 16 heavy (non-hydrogen) atoms. The van der Waals surface area contributed by atoms with E-state index in [1.165, 1.54) is 12.1 Å². The van der Waals surface area contributed by atoms with Gasteiger partial charge in [-0.05, 0) is 25.0 Å². The average molecular weight is 222 g/mol. The molecule has 1 aliphatic rings. The second kappa shape index (κ2) is 3.80. The molecule has 0 radical (unpaired) electrons. The summed E-state index contributed by atoms with van der Waals surface area (Å²) in [4.78, 5) is 25.4. The molecule has 1 amide bonds. The maximum atomic E-state index is 10.9. The Hall–Kier alpha value is -2.11. The summed E-state index contributed by atoms with van der Waals surface area (Å²) in [7, 11) is 0. The van der Waals surface area contributed by atoms with E-state index in [1.54, 1.807) is 0 Å². The Morgan fingerprint density at radius 1 is 1.44 bits per heavy atom. The van der Waals surface area contributed by atoms with Crippen molar-refractivity contribution >= 4 is 11.9 Å². The van der Waals surface area contributed by atoms with Gasteiger partial charge in [0, 0.05) is 0 Å². The van der Waals surface area contributed by atoms with E-state index in [-0.39, 0.29) is 23.2 Å². The zero-order valence-electron chi connectivity index (χ0n) is 8.34. The van der Waals surface area contributed by atoms with Gasteiger partial charge in [-0.3, -0.25) is 4.79 Å². The number of hydrogen-bond donors (Lipinski definition) is 2. The molecule has 2 rings (SSSR count). The zero-order chi connectivity index (χ0) is 11.7. The molecule has 0 atom stereocenters. The number of aromatic carboxylic acids is 1. The third-order valence-corrected chi connectivity index (χ3v) is 2.13. The molecule has 0 spiro atoms. The normalized spacial score (nSPS) is 14.5. The molecule has 1 fully saturated rings. The van der Waals surface area contributed by atoms with Crippen LogP contribution in [0.2, 0.25) is 0 Å². The average Bonchev–Trinajstić information content (AvgIpc) is 3.01. The molecular formula is C10H10N2O4.